The van der Waals surface area contributed by atoms with Crippen LogP contribution >= 0.6 is 0 Å². The Kier molecular flexibility index (Phi) is 1.92. The van der Waals surface area contributed by atoms with Crippen LogP contribution in [-0.4, -0.2) is 22.6 Å². The summed E-state index contributed by atoms with van der Waals surface area (Å²) in [5.41, 5.74) is 5.92. The van der Waals surface area contributed by atoms with E-state index in [2.05, 4.69) is 15.5 Å². The maximum atomic E-state index is 11.4. The van der Waals surface area contributed by atoms with Crippen LogP contribution in [-0.2, 0) is 0 Å². The van der Waals surface area contributed by atoms with Crippen molar-refractivity contribution in [2.24, 2.45) is 5.92 Å². The number of hydrogen-bond acceptors (Lipinski definition) is 3. The van der Waals surface area contributed by atoms with E-state index in [1.165, 1.54) is 19.0 Å². The second kappa shape index (κ2) is 3.08. The standard InChI is InChI=1S/C8H12N4O/c9-7-6(4-11-12-7)8(13)10-3-5-1-2-5/h4-5H,1-3H2,(H,10,13)(H3,9,11,12). The number of anilines is 1. The number of hydrogen-bond donors (Lipinski definition) is 3. The molecule has 13 heavy (non-hydrogen) atoms. The van der Waals surface area contributed by atoms with Gasteiger partial charge in [-0.2, -0.15) is 5.10 Å². The predicted molar refractivity (Wildman–Crippen MR) is 48.1 cm³/mol. The van der Waals surface area contributed by atoms with Gasteiger partial charge in [0.05, 0.1) is 6.20 Å². The van der Waals surface area contributed by atoms with Gasteiger partial charge in [-0.1, -0.05) is 0 Å². The Balaban J connectivity index is 1.92. The zero-order valence-corrected chi connectivity index (χ0v) is 7.21. The van der Waals surface area contributed by atoms with E-state index in [0.29, 0.717) is 17.3 Å². The van der Waals surface area contributed by atoms with Crippen molar-refractivity contribution in [1.82, 2.24) is 15.5 Å². The van der Waals surface area contributed by atoms with Crippen LogP contribution in [0.3, 0.4) is 0 Å². The van der Waals surface area contributed by atoms with E-state index >= 15 is 0 Å². The van der Waals surface area contributed by atoms with Crippen molar-refractivity contribution in [1.29, 1.82) is 0 Å². The zero-order chi connectivity index (χ0) is 9.26. The smallest absolute Gasteiger partial charge is 0.256 e. The summed E-state index contributed by atoms with van der Waals surface area (Å²) in [6, 6.07) is 0. The first-order valence-corrected chi connectivity index (χ1v) is 4.34. The van der Waals surface area contributed by atoms with E-state index < -0.39 is 0 Å². The molecule has 0 aromatic carbocycles. The molecule has 5 nitrogen and oxygen atoms in total. The number of aromatic amines is 1. The first kappa shape index (κ1) is 8.10. The van der Waals surface area contributed by atoms with E-state index in [-0.39, 0.29) is 5.91 Å². The Labute approximate surface area is 75.7 Å². The van der Waals surface area contributed by atoms with Gasteiger partial charge in [-0.15, -0.1) is 0 Å². The molecule has 1 fully saturated rings. The fourth-order valence-electron chi connectivity index (χ4n) is 1.13. The average molecular weight is 180 g/mol. The summed E-state index contributed by atoms with van der Waals surface area (Å²) >= 11 is 0. The normalized spacial score (nSPS) is 15.7. The van der Waals surface area contributed by atoms with Crippen molar-refractivity contribution >= 4 is 11.7 Å². The number of nitrogens with zero attached hydrogens (tertiary/aromatic N) is 1. The van der Waals surface area contributed by atoms with E-state index in [1.807, 2.05) is 0 Å². The summed E-state index contributed by atoms with van der Waals surface area (Å²) in [6.07, 6.45) is 3.89. The van der Waals surface area contributed by atoms with Gasteiger partial charge in [0.2, 0.25) is 0 Å². The number of rotatable bonds is 3. The molecule has 0 atom stereocenters. The van der Waals surface area contributed by atoms with Crippen LogP contribution in [0.4, 0.5) is 5.82 Å². The lowest BCUT2D eigenvalue weighted by Crippen LogP contribution is -2.25. The number of H-pyrrole nitrogens is 1. The lowest BCUT2D eigenvalue weighted by atomic mass is 10.3. The van der Waals surface area contributed by atoms with Gasteiger partial charge in [-0.05, 0) is 18.8 Å². The molecule has 70 valence electrons. The molecule has 2 rings (SSSR count). The Bertz CT molecular complexity index is 316. The molecule has 0 bridgehead atoms. The second-order valence-electron chi connectivity index (χ2n) is 3.35. The number of nitrogens with one attached hydrogen (secondary N) is 2. The first-order valence-electron chi connectivity index (χ1n) is 4.34. The first-order chi connectivity index (χ1) is 6.27. The van der Waals surface area contributed by atoms with E-state index in [0.717, 1.165) is 6.54 Å². The molecule has 1 saturated carbocycles. The number of nitrogen functional groups attached to an aromatic ring is 1. The molecule has 0 unspecified atom stereocenters. The molecule has 1 aromatic heterocycles. The molecular formula is C8H12N4O. The molecule has 0 saturated heterocycles. The summed E-state index contributed by atoms with van der Waals surface area (Å²) in [4.78, 5) is 11.4. The minimum absolute atomic E-state index is 0.141. The summed E-state index contributed by atoms with van der Waals surface area (Å²) in [6.45, 7) is 0.753. The summed E-state index contributed by atoms with van der Waals surface area (Å²) in [5.74, 6) is 0.864. The van der Waals surface area contributed by atoms with Crippen LogP contribution in [0, 0.1) is 5.92 Å². The number of carbonyl (C=O) groups is 1. The lowest BCUT2D eigenvalue weighted by molar-refractivity contribution is 0.0953. The summed E-state index contributed by atoms with van der Waals surface area (Å²) in [5, 5.41) is 9.00. The van der Waals surface area contributed by atoms with Gasteiger partial charge in [0, 0.05) is 6.54 Å². The molecule has 1 aromatic rings. The van der Waals surface area contributed by atoms with Crippen LogP contribution in [0.2, 0.25) is 0 Å². The second-order valence-corrected chi connectivity index (χ2v) is 3.35. The highest BCUT2D eigenvalue weighted by molar-refractivity contribution is 5.98. The highest BCUT2D eigenvalue weighted by atomic mass is 16.1. The number of nitrogens with two attached hydrogens (primary N) is 1. The molecule has 5 heteroatoms. The van der Waals surface area contributed by atoms with Gasteiger partial charge < -0.3 is 11.1 Å². The molecule has 1 aliphatic carbocycles. The molecule has 1 amide bonds. The highest BCUT2D eigenvalue weighted by Crippen LogP contribution is 2.27. The average Bonchev–Trinajstić information content (AvgIpc) is 2.84. The number of carbonyl (C=O) groups excluding carboxylic acids is 1. The quantitative estimate of drug-likeness (QED) is 0.618. The molecule has 4 N–H and O–H groups in total. The van der Waals surface area contributed by atoms with Crippen molar-refractivity contribution in [3.8, 4) is 0 Å². The van der Waals surface area contributed by atoms with Crippen LogP contribution in [0.25, 0.3) is 0 Å². The van der Waals surface area contributed by atoms with Gasteiger partial charge in [0.15, 0.2) is 0 Å². The van der Waals surface area contributed by atoms with Gasteiger partial charge in [-0.25, -0.2) is 0 Å². The molecule has 0 aliphatic heterocycles. The fourth-order valence-corrected chi connectivity index (χ4v) is 1.13. The topological polar surface area (TPSA) is 83.8 Å². The number of aromatic nitrogens is 2. The van der Waals surface area contributed by atoms with E-state index in [1.54, 1.807) is 0 Å². The SMILES string of the molecule is Nc1[nH]ncc1C(=O)NCC1CC1. The Hall–Kier alpha value is -1.52. The zero-order valence-electron chi connectivity index (χ0n) is 7.21. The third-order valence-electron chi connectivity index (χ3n) is 2.16. The van der Waals surface area contributed by atoms with Gasteiger partial charge in [-0.3, -0.25) is 9.89 Å². The maximum Gasteiger partial charge on any atom is 0.256 e. The van der Waals surface area contributed by atoms with Crippen molar-refractivity contribution in [3.05, 3.63) is 11.8 Å². The Morgan fingerprint density at radius 2 is 2.54 bits per heavy atom. The van der Waals surface area contributed by atoms with E-state index in [4.69, 9.17) is 5.73 Å². The largest absolute Gasteiger partial charge is 0.383 e. The van der Waals surface area contributed by atoms with Crippen molar-refractivity contribution in [2.75, 3.05) is 12.3 Å². The molecule has 1 aliphatic rings. The molecule has 0 radical (unpaired) electrons. The lowest BCUT2D eigenvalue weighted by Gasteiger charge is -2.01. The molecule has 0 spiro atoms. The third kappa shape index (κ3) is 1.80. The van der Waals surface area contributed by atoms with Crippen molar-refractivity contribution in [2.45, 2.75) is 12.8 Å². The van der Waals surface area contributed by atoms with Gasteiger partial charge in [0.1, 0.15) is 11.4 Å². The third-order valence-corrected chi connectivity index (χ3v) is 2.16. The highest BCUT2D eigenvalue weighted by Gasteiger charge is 2.22. The maximum absolute atomic E-state index is 11.4. The minimum atomic E-state index is -0.141. The molecular weight excluding hydrogens is 168 g/mol. The van der Waals surface area contributed by atoms with Crippen molar-refractivity contribution < 1.29 is 4.79 Å². The van der Waals surface area contributed by atoms with E-state index in [9.17, 15) is 4.79 Å². The fraction of sp³-hybridized carbons (Fsp3) is 0.500. The summed E-state index contributed by atoms with van der Waals surface area (Å²) < 4.78 is 0. The summed E-state index contributed by atoms with van der Waals surface area (Å²) in [7, 11) is 0. The number of amides is 1. The van der Waals surface area contributed by atoms with Crippen LogP contribution in [0.5, 0.6) is 0 Å². The Morgan fingerprint density at radius 1 is 1.77 bits per heavy atom. The van der Waals surface area contributed by atoms with Crippen LogP contribution in [0.15, 0.2) is 6.20 Å². The van der Waals surface area contributed by atoms with Gasteiger partial charge >= 0.3 is 0 Å². The van der Waals surface area contributed by atoms with Gasteiger partial charge in [0.25, 0.3) is 5.91 Å². The minimum Gasteiger partial charge on any atom is -0.383 e. The predicted octanol–water partition coefficient (Wildman–Crippen LogP) is 0.132. The Morgan fingerprint density at radius 3 is 3.08 bits per heavy atom. The monoisotopic (exact) mass is 180 g/mol. The van der Waals surface area contributed by atoms with Crippen LogP contribution < -0.4 is 11.1 Å². The van der Waals surface area contributed by atoms with Crippen molar-refractivity contribution in [3.63, 3.8) is 0 Å². The molecule has 1 heterocycles. The van der Waals surface area contributed by atoms with Crippen LogP contribution in [0.1, 0.15) is 23.2 Å².